The molecular formula is C16H17ClFN3O5S. The standard InChI is InChI=1S/C16H17ClFN3O5S/c1-8(6-22)5-19-16(25)20-14-12(15(23)24)13(21-27-14)26-7-9-2-3-10(17)4-11(9)18/h2-4,8,22H,5-7H2,1H3,(H,23,24)(H2,19,20,25). The Balaban J connectivity index is 2.07. The van der Waals surface area contributed by atoms with Gasteiger partial charge in [-0.2, -0.15) is 4.37 Å². The first kappa shape index (κ1) is 20.9. The number of halogens is 2. The molecular weight excluding hydrogens is 401 g/mol. The van der Waals surface area contributed by atoms with Gasteiger partial charge in [-0.3, -0.25) is 5.32 Å². The second-order valence-corrected chi connectivity index (χ2v) is 6.85. The van der Waals surface area contributed by atoms with Crippen LogP contribution in [0.4, 0.5) is 14.2 Å². The molecule has 2 aromatic rings. The van der Waals surface area contributed by atoms with Gasteiger partial charge >= 0.3 is 12.0 Å². The average Bonchev–Trinajstić information content (AvgIpc) is 3.01. The van der Waals surface area contributed by atoms with E-state index in [2.05, 4.69) is 15.0 Å². The number of benzene rings is 1. The molecule has 1 atom stereocenters. The molecule has 11 heteroatoms. The van der Waals surface area contributed by atoms with Crippen molar-refractivity contribution in [1.29, 1.82) is 0 Å². The lowest BCUT2D eigenvalue weighted by molar-refractivity contribution is 0.0693. The van der Waals surface area contributed by atoms with E-state index in [0.29, 0.717) is 0 Å². The van der Waals surface area contributed by atoms with E-state index in [4.69, 9.17) is 21.4 Å². The number of aliphatic hydroxyl groups excluding tert-OH is 1. The highest BCUT2D eigenvalue weighted by Gasteiger charge is 2.23. The third-order valence-electron chi connectivity index (χ3n) is 3.40. The van der Waals surface area contributed by atoms with Gasteiger partial charge in [0.2, 0.25) is 5.88 Å². The fraction of sp³-hybridized carbons (Fsp3) is 0.312. The smallest absolute Gasteiger partial charge is 0.344 e. The molecule has 0 radical (unpaired) electrons. The van der Waals surface area contributed by atoms with Gasteiger partial charge in [-0.05, 0) is 29.6 Å². The van der Waals surface area contributed by atoms with E-state index in [1.165, 1.54) is 12.1 Å². The Labute approximate surface area is 163 Å². The summed E-state index contributed by atoms with van der Waals surface area (Å²) in [6, 6.07) is 3.37. The quantitative estimate of drug-likeness (QED) is 0.524. The fourth-order valence-corrected chi connectivity index (χ4v) is 2.79. The summed E-state index contributed by atoms with van der Waals surface area (Å²) in [5.41, 5.74) is -0.159. The number of amides is 2. The van der Waals surface area contributed by atoms with E-state index in [1.54, 1.807) is 6.92 Å². The van der Waals surface area contributed by atoms with Crippen LogP contribution in [0.3, 0.4) is 0 Å². The number of hydrogen-bond donors (Lipinski definition) is 4. The van der Waals surface area contributed by atoms with Gasteiger partial charge in [-0.15, -0.1) is 0 Å². The highest BCUT2D eigenvalue weighted by atomic mass is 35.5. The maximum Gasteiger partial charge on any atom is 0.344 e. The molecule has 0 spiro atoms. The molecule has 0 saturated heterocycles. The first-order valence-corrected chi connectivity index (χ1v) is 8.92. The second kappa shape index (κ2) is 9.49. The van der Waals surface area contributed by atoms with Crippen molar-refractivity contribution in [3.05, 3.63) is 40.2 Å². The summed E-state index contributed by atoms with van der Waals surface area (Å²) in [6.45, 7) is 1.59. The SMILES string of the molecule is CC(CO)CNC(=O)Nc1snc(OCc2ccc(Cl)cc2F)c1C(=O)O. The van der Waals surface area contributed by atoms with Crippen molar-refractivity contribution >= 4 is 40.1 Å². The summed E-state index contributed by atoms with van der Waals surface area (Å²) in [5, 5.41) is 23.4. The van der Waals surface area contributed by atoms with Crippen LogP contribution >= 0.6 is 23.1 Å². The number of anilines is 1. The topological polar surface area (TPSA) is 121 Å². The Morgan fingerprint density at radius 1 is 1.44 bits per heavy atom. The predicted molar refractivity (Wildman–Crippen MR) is 98.1 cm³/mol. The van der Waals surface area contributed by atoms with Crippen molar-refractivity contribution in [3.63, 3.8) is 0 Å². The first-order chi connectivity index (χ1) is 12.8. The van der Waals surface area contributed by atoms with Crippen LogP contribution in [-0.2, 0) is 6.61 Å². The number of nitrogens with zero attached hydrogens (tertiary/aromatic N) is 1. The number of ether oxygens (including phenoxy) is 1. The number of carboxylic acids is 1. The van der Waals surface area contributed by atoms with Crippen LogP contribution in [-0.4, -0.2) is 39.7 Å². The minimum absolute atomic E-state index is 0.0248. The third-order valence-corrected chi connectivity index (χ3v) is 4.38. The zero-order chi connectivity index (χ0) is 20.0. The molecule has 4 N–H and O–H groups in total. The predicted octanol–water partition coefficient (Wildman–Crippen LogP) is 2.96. The maximum atomic E-state index is 13.8. The van der Waals surface area contributed by atoms with Gasteiger partial charge in [0.05, 0.1) is 0 Å². The van der Waals surface area contributed by atoms with Gasteiger partial charge < -0.3 is 20.3 Å². The summed E-state index contributed by atoms with van der Waals surface area (Å²) in [7, 11) is 0. The third kappa shape index (κ3) is 5.78. The van der Waals surface area contributed by atoms with Gasteiger partial charge in [-0.25, -0.2) is 14.0 Å². The van der Waals surface area contributed by atoms with Gasteiger partial charge in [0.15, 0.2) is 5.56 Å². The number of aromatic nitrogens is 1. The van der Waals surface area contributed by atoms with Crippen molar-refractivity contribution in [1.82, 2.24) is 9.69 Å². The molecule has 1 aromatic heterocycles. The van der Waals surface area contributed by atoms with Crippen molar-refractivity contribution in [3.8, 4) is 5.88 Å². The van der Waals surface area contributed by atoms with Gasteiger partial charge in [0.1, 0.15) is 17.4 Å². The number of hydrogen-bond acceptors (Lipinski definition) is 6. The number of carboxylic acid groups (broad SMARTS) is 1. The number of urea groups is 1. The van der Waals surface area contributed by atoms with Crippen LogP contribution in [0.25, 0.3) is 0 Å². The molecule has 0 aliphatic carbocycles. The number of carbonyl (C=O) groups is 2. The summed E-state index contributed by atoms with van der Waals surface area (Å²) in [5.74, 6) is -2.33. The van der Waals surface area contributed by atoms with Crippen LogP contribution in [0.15, 0.2) is 18.2 Å². The molecule has 1 aromatic carbocycles. The highest BCUT2D eigenvalue weighted by Crippen LogP contribution is 2.31. The summed E-state index contributed by atoms with van der Waals surface area (Å²) in [4.78, 5) is 23.4. The van der Waals surface area contributed by atoms with Crippen LogP contribution in [0.5, 0.6) is 5.88 Å². The lowest BCUT2D eigenvalue weighted by Gasteiger charge is -2.10. The summed E-state index contributed by atoms with van der Waals surface area (Å²) >= 11 is 6.40. The Bertz CT molecular complexity index is 832. The number of nitrogens with one attached hydrogen (secondary N) is 2. The van der Waals surface area contributed by atoms with E-state index < -0.39 is 17.8 Å². The molecule has 27 heavy (non-hydrogen) atoms. The van der Waals surface area contributed by atoms with Crippen molar-refractivity contribution in [2.45, 2.75) is 13.5 Å². The van der Waals surface area contributed by atoms with E-state index in [9.17, 15) is 19.1 Å². The molecule has 0 aliphatic heterocycles. The van der Waals surface area contributed by atoms with E-state index >= 15 is 0 Å². The molecule has 2 rings (SSSR count). The van der Waals surface area contributed by atoms with Crippen LogP contribution in [0.2, 0.25) is 5.02 Å². The first-order valence-electron chi connectivity index (χ1n) is 7.77. The summed E-state index contributed by atoms with van der Waals surface area (Å²) < 4.78 is 23.0. The number of aromatic carboxylic acids is 1. The highest BCUT2D eigenvalue weighted by molar-refractivity contribution is 7.11. The van der Waals surface area contributed by atoms with Gasteiger partial charge in [-0.1, -0.05) is 24.6 Å². The van der Waals surface area contributed by atoms with Gasteiger partial charge in [0.25, 0.3) is 0 Å². The molecule has 0 fully saturated rings. The monoisotopic (exact) mass is 417 g/mol. The maximum absolute atomic E-state index is 13.8. The number of aliphatic hydroxyl groups is 1. The summed E-state index contributed by atoms with van der Waals surface area (Å²) in [6.07, 6.45) is 0. The fourth-order valence-electron chi connectivity index (χ4n) is 1.91. The number of rotatable bonds is 8. The zero-order valence-corrected chi connectivity index (χ0v) is 15.7. The second-order valence-electron chi connectivity index (χ2n) is 5.64. The number of carbonyl (C=O) groups excluding carboxylic acids is 1. The van der Waals surface area contributed by atoms with E-state index in [-0.39, 0.29) is 52.7 Å². The molecule has 146 valence electrons. The average molecular weight is 418 g/mol. The lowest BCUT2D eigenvalue weighted by Crippen LogP contribution is -2.33. The largest absolute Gasteiger partial charge is 0.477 e. The van der Waals surface area contributed by atoms with E-state index in [1.807, 2.05) is 0 Å². The van der Waals surface area contributed by atoms with E-state index in [0.717, 1.165) is 17.6 Å². The molecule has 0 aliphatic rings. The zero-order valence-electron chi connectivity index (χ0n) is 14.2. The Morgan fingerprint density at radius 2 is 2.19 bits per heavy atom. The van der Waals surface area contributed by atoms with Crippen molar-refractivity contribution in [2.24, 2.45) is 5.92 Å². The Hall–Kier alpha value is -2.43. The van der Waals surface area contributed by atoms with Crippen LogP contribution in [0, 0.1) is 11.7 Å². The van der Waals surface area contributed by atoms with Crippen molar-refractivity contribution < 1.29 is 28.9 Å². The van der Waals surface area contributed by atoms with Crippen LogP contribution < -0.4 is 15.4 Å². The van der Waals surface area contributed by atoms with Crippen LogP contribution in [0.1, 0.15) is 22.8 Å². The molecule has 0 saturated carbocycles. The Kier molecular flexibility index (Phi) is 7.34. The Morgan fingerprint density at radius 3 is 2.81 bits per heavy atom. The molecule has 1 unspecified atom stereocenters. The minimum atomic E-state index is -1.35. The molecule has 0 bridgehead atoms. The van der Waals surface area contributed by atoms with Crippen molar-refractivity contribution in [2.75, 3.05) is 18.5 Å². The van der Waals surface area contributed by atoms with Gasteiger partial charge in [0, 0.05) is 23.7 Å². The molecule has 2 amide bonds. The lowest BCUT2D eigenvalue weighted by atomic mass is 10.2. The molecule has 8 nitrogen and oxygen atoms in total. The molecule has 1 heterocycles. The normalized spacial score (nSPS) is 11.7. The minimum Gasteiger partial charge on any atom is -0.477 e.